The van der Waals surface area contributed by atoms with E-state index in [0.717, 1.165) is 5.56 Å². The largest absolute Gasteiger partial charge is 0.462 e. The lowest BCUT2D eigenvalue weighted by molar-refractivity contribution is -0.277. The summed E-state index contributed by atoms with van der Waals surface area (Å²) in [6.45, 7) is 2.98. The highest BCUT2D eigenvalue weighted by Gasteiger charge is 2.44. The molecule has 1 aromatic rings. The molecule has 1 fully saturated rings. The summed E-state index contributed by atoms with van der Waals surface area (Å²) in [5, 5.41) is 38.3. The van der Waals surface area contributed by atoms with Gasteiger partial charge in [0, 0.05) is 0 Å². The molecule has 1 aromatic carbocycles. The summed E-state index contributed by atoms with van der Waals surface area (Å²) in [6.07, 6.45) is -4.75. The van der Waals surface area contributed by atoms with Gasteiger partial charge >= 0.3 is 0 Å². The SMILES string of the molecule is C=C=Cc1ccc(OC2O[C@H](CO)[C@@H](O)[C@H](O)[C@H]2O)cc1. The summed E-state index contributed by atoms with van der Waals surface area (Å²) in [5.41, 5.74) is 3.53. The Hall–Kier alpha value is -1.66. The topological polar surface area (TPSA) is 99.4 Å². The van der Waals surface area contributed by atoms with Crippen LogP contribution < -0.4 is 4.74 Å². The lowest BCUT2D eigenvalue weighted by Crippen LogP contribution is -2.60. The normalized spacial score (nSPS) is 32.3. The number of benzene rings is 1. The van der Waals surface area contributed by atoms with Crippen molar-refractivity contribution in [3.8, 4) is 5.75 Å². The monoisotopic (exact) mass is 294 g/mol. The summed E-state index contributed by atoms with van der Waals surface area (Å²) >= 11 is 0. The summed E-state index contributed by atoms with van der Waals surface area (Å²) < 4.78 is 10.7. The van der Waals surface area contributed by atoms with E-state index in [2.05, 4.69) is 12.3 Å². The highest BCUT2D eigenvalue weighted by atomic mass is 16.7. The van der Waals surface area contributed by atoms with Gasteiger partial charge in [0.1, 0.15) is 30.2 Å². The second kappa shape index (κ2) is 6.87. The second-order valence-corrected chi connectivity index (χ2v) is 4.73. The number of rotatable bonds is 4. The predicted molar refractivity (Wildman–Crippen MR) is 74.4 cm³/mol. The molecule has 0 amide bonds. The quantitative estimate of drug-likeness (QED) is 0.567. The molecule has 21 heavy (non-hydrogen) atoms. The van der Waals surface area contributed by atoms with Gasteiger partial charge in [-0.3, -0.25) is 0 Å². The van der Waals surface area contributed by atoms with Crippen LogP contribution in [0.1, 0.15) is 5.56 Å². The molecule has 0 radical (unpaired) electrons. The zero-order valence-electron chi connectivity index (χ0n) is 11.3. The number of hydrogen-bond donors (Lipinski definition) is 4. The van der Waals surface area contributed by atoms with Crippen molar-refractivity contribution in [1.82, 2.24) is 0 Å². The molecule has 1 aliphatic rings. The van der Waals surface area contributed by atoms with E-state index in [-0.39, 0.29) is 0 Å². The summed E-state index contributed by atoms with van der Waals surface area (Å²) in [4.78, 5) is 0. The Morgan fingerprint density at radius 1 is 1.14 bits per heavy atom. The molecule has 6 nitrogen and oxygen atoms in total. The van der Waals surface area contributed by atoms with Gasteiger partial charge in [-0.25, -0.2) is 0 Å². The average molecular weight is 294 g/mol. The van der Waals surface area contributed by atoms with Gasteiger partial charge < -0.3 is 29.9 Å². The first kappa shape index (κ1) is 15.7. The van der Waals surface area contributed by atoms with Crippen molar-refractivity contribution in [3.05, 3.63) is 42.1 Å². The molecule has 1 heterocycles. The van der Waals surface area contributed by atoms with E-state index in [4.69, 9.17) is 14.6 Å². The smallest absolute Gasteiger partial charge is 0.229 e. The lowest BCUT2D eigenvalue weighted by Gasteiger charge is -2.39. The van der Waals surface area contributed by atoms with Crippen LogP contribution in [0.4, 0.5) is 0 Å². The molecule has 5 atom stereocenters. The molecule has 1 saturated heterocycles. The van der Waals surface area contributed by atoms with Gasteiger partial charge in [-0.1, -0.05) is 18.7 Å². The van der Waals surface area contributed by atoms with E-state index >= 15 is 0 Å². The summed E-state index contributed by atoms with van der Waals surface area (Å²) in [5.74, 6) is 0.417. The van der Waals surface area contributed by atoms with Gasteiger partial charge in [-0.05, 0) is 23.8 Å². The first-order valence-corrected chi connectivity index (χ1v) is 6.50. The minimum Gasteiger partial charge on any atom is -0.462 e. The highest BCUT2D eigenvalue weighted by Crippen LogP contribution is 2.24. The van der Waals surface area contributed by atoms with Crippen molar-refractivity contribution >= 4 is 6.08 Å². The Bertz CT molecular complexity index is 505. The Morgan fingerprint density at radius 2 is 1.81 bits per heavy atom. The Morgan fingerprint density at radius 3 is 2.38 bits per heavy atom. The summed E-state index contributed by atoms with van der Waals surface area (Å²) in [7, 11) is 0. The Labute approximate surface area is 122 Å². The van der Waals surface area contributed by atoms with Gasteiger partial charge in [0.25, 0.3) is 0 Å². The fraction of sp³-hybridized carbons (Fsp3) is 0.400. The third-order valence-electron chi connectivity index (χ3n) is 3.25. The molecule has 1 aliphatic heterocycles. The van der Waals surface area contributed by atoms with E-state index in [1.54, 1.807) is 30.3 Å². The lowest BCUT2D eigenvalue weighted by atomic mass is 9.99. The van der Waals surface area contributed by atoms with Crippen LogP contribution in [0.15, 0.2) is 36.6 Å². The molecule has 0 aromatic heterocycles. The Balaban J connectivity index is 2.08. The zero-order chi connectivity index (χ0) is 15.4. The molecule has 0 spiro atoms. The summed E-state index contributed by atoms with van der Waals surface area (Å²) in [6, 6.07) is 6.84. The van der Waals surface area contributed by atoms with Crippen molar-refractivity contribution < 1.29 is 29.9 Å². The van der Waals surface area contributed by atoms with E-state index in [9.17, 15) is 15.3 Å². The van der Waals surface area contributed by atoms with E-state index in [0.29, 0.717) is 5.75 Å². The standard InChI is InChI=1S/C15H18O6/c1-2-3-9-4-6-10(7-5-9)20-15-14(19)13(18)12(17)11(8-16)21-15/h3-7,11-19H,1,8H2/t11-,12-,13+,14-,15?/m1/s1. The molecule has 1 unspecified atom stereocenters. The van der Waals surface area contributed by atoms with Crippen LogP contribution in [0.5, 0.6) is 5.75 Å². The van der Waals surface area contributed by atoms with Crippen LogP contribution >= 0.6 is 0 Å². The van der Waals surface area contributed by atoms with Crippen LogP contribution in [-0.2, 0) is 4.74 Å². The fourth-order valence-corrected chi connectivity index (χ4v) is 2.06. The minimum atomic E-state index is -1.45. The van der Waals surface area contributed by atoms with Gasteiger partial charge in [0.15, 0.2) is 0 Å². The molecule has 0 bridgehead atoms. The van der Waals surface area contributed by atoms with E-state index in [1.165, 1.54) is 0 Å². The van der Waals surface area contributed by atoms with Crippen LogP contribution in [0.3, 0.4) is 0 Å². The third-order valence-corrected chi connectivity index (χ3v) is 3.25. The minimum absolute atomic E-state index is 0.417. The van der Waals surface area contributed by atoms with Crippen molar-refractivity contribution in [2.75, 3.05) is 6.61 Å². The molecule has 0 saturated carbocycles. The molecule has 2 rings (SSSR count). The van der Waals surface area contributed by atoms with Crippen molar-refractivity contribution in [2.24, 2.45) is 0 Å². The van der Waals surface area contributed by atoms with Gasteiger partial charge in [-0.15, -0.1) is 5.73 Å². The number of ether oxygens (including phenoxy) is 2. The van der Waals surface area contributed by atoms with E-state index in [1.807, 2.05) is 0 Å². The first-order chi connectivity index (χ1) is 10.1. The van der Waals surface area contributed by atoms with E-state index < -0.39 is 37.3 Å². The van der Waals surface area contributed by atoms with Crippen molar-refractivity contribution in [2.45, 2.75) is 30.7 Å². The molecule has 114 valence electrons. The van der Waals surface area contributed by atoms with Gasteiger partial charge in [0.05, 0.1) is 6.61 Å². The van der Waals surface area contributed by atoms with Crippen molar-refractivity contribution in [1.29, 1.82) is 0 Å². The maximum atomic E-state index is 9.86. The maximum Gasteiger partial charge on any atom is 0.229 e. The van der Waals surface area contributed by atoms with Gasteiger partial charge in [-0.2, -0.15) is 0 Å². The maximum absolute atomic E-state index is 9.86. The molecular weight excluding hydrogens is 276 g/mol. The zero-order valence-corrected chi connectivity index (χ0v) is 11.3. The molecule has 6 heteroatoms. The third kappa shape index (κ3) is 3.51. The number of aliphatic hydroxyl groups is 4. The van der Waals surface area contributed by atoms with Crippen molar-refractivity contribution in [3.63, 3.8) is 0 Å². The fourth-order valence-electron chi connectivity index (χ4n) is 2.06. The molecular formula is C15H18O6. The average Bonchev–Trinajstić information content (AvgIpc) is 2.50. The molecule has 4 N–H and O–H groups in total. The predicted octanol–water partition coefficient (Wildman–Crippen LogP) is -0.337. The highest BCUT2D eigenvalue weighted by molar-refractivity contribution is 5.49. The number of aliphatic hydroxyl groups excluding tert-OH is 4. The second-order valence-electron chi connectivity index (χ2n) is 4.73. The molecule has 0 aliphatic carbocycles. The van der Waals surface area contributed by atoms with Crippen LogP contribution in [0, 0.1) is 0 Å². The Kier molecular flexibility index (Phi) is 5.14. The van der Waals surface area contributed by atoms with Crippen LogP contribution in [0.25, 0.3) is 6.08 Å². The van der Waals surface area contributed by atoms with Crippen LogP contribution in [-0.4, -0.2) is 57.7 Å². The van der Waals surface area contributed by atoms with Crippen LogP contribution in [0.2, 0.25) is 0 Å². The first-order valence-electron chi connectivity index (χ1n) is 6.50. The number of hydrogen-bond acceptors (Lipinski definition) is 6. The van der Waals surface area contributed by atoms with Gasteiger partial charge in [0.2, 0.25) is 6.29 Å².